The van der Waals surface area contributed by atoms with Gasteiger partial charge in [0.1, 0.15) is 11.6 Å². The van der Waals surface area contributed by atoms with Crippen LogP contribution in [0.4, 0.5) is 4.39 Å². The summed E-state index contributed by atoms with van der Waals surface area (Å²) in [6.45, 7) is 0.579. The molecule has 2 rings (SSSR count). The van der Waals surface area contributed by atoms with E-state index in [-0.39, 0.29) is 5.82 Å². The van der Waals surface area contributed by atoms with Gasteiger partial charge in [-0.3, -0.25) is 4.98 Å². The summed E-state index contributed by atoms with van der Waals surface area (Å²) in [6.07, 6.45) is 4.33. The molecule has 0 atom stereocenters. The van der Waals surface area contributed by atoms with Crippen LogP contribution in [-0.4, -0.2) is 11.6 Å². The van der Waals surface area contributed by atoms with Crippen LogP contribution < -0.4 is 4.74 Å². The summed E-state index contributed by atoms with van der Waals surface area (Å²) in [6, 6.07) is 9.94. The van der Waals surface area contributed by atoms with Crippen molar-refractivity contribution in [1.29, 1.82) is 0 Å². The van der Waals surface area contributed by atoms with E-state index in [4.69, 9.17) is 4.74 Å². The number of rotatable bonds is 4. The van der Waals surface area contributed by atoms with E-state index in [0.717, 1.165) is 6.42 Å². The predicted molar refractivity (Wildman–Crippen MR) is 59.8 cm³/mol. The van der Waals surface area contributed by atoms with E-state index >= 15 is 0 Å². The molecule has 1 aromatic carbocycles. The lowest BCUT2D eigenvalue weighted by Gasteiger charge is -2.05. The SMILES string of the molecule is Fc1ccc(OCCc2ccncc2)cc1. The molecule has 0 saturated heterocycles. The number of benzene rings is 1. The summed E-state index contributed by atoms with van der Waals surface area (Å²) in [5.74, 6) is 0.442. The molecule has 0 spiro atoms. The van der Waals surface area contributed by atoms with Crippen molar-refractivity contribution < 1.29 is 9.13 Å². The predicted octanol–water partition coefficient (Wildman–Crippen LogP) is 2.84. The van der Waals surface area contributed by atoms with Crippen LogP contribution in [-0.2, 0) is 6.42 Å². The quantitative estimate of drug-likeness (QED) is 0.785. The van der Waals surface area contributed by atoms with Gasteiger partial charge in [-0.1, -0.05) is 0 Å². The van der Waals surface area contributed by atoms with E-state index in [9.17, 15) is 4.39 Å². The maximum absolute atomic E-state index is 12.6. The molecule has 3 heteroatoms. The zero-order valence-corrected chi connectivity index (χ0v) is 8.77. The van der Waals surface area contributed by atoms with Crippen molar-refractivity contribution in [3.8, 4) is 5.75 Å². The van der Waals surface area contributed by atoms with Crippen molar-refractivity contribution in [2.75, 3.05) is 6.61 Å². The first-order valence-electron chi connectivity index (χ1n) is 5.12. The molecule has 0 N–H and O–H groups in total. The zero-order chi connectivity index (χ0) is 11.2. The Labute approximate surface area is 93.7 Å². The van der Waals surface area contributed by atoms with Gasteiger partial charge in [-0.05, 0) is 42.0 Å². The number of pyridine rings is 1. The van der Waals surface area contributed by atoms with Crippen LogP contribution in [0.2, 0.25) is 0 Å². The number of aromatic nitrogens is 1. The molecule has 0 fully saturated rings. The molecule has 0 radical (unpaired) electrons. The fourth-order valence-corrected chi connectivity index (χ4v) is 1.37. The average molecular weight is 217 g/mol. The summed E-state index contributed by atoms with van der Waals surface area (Å²) in [7, 11) is 0. The van der Waals surface area contributed by atoms with Gasteiger partial charge in [-0.25, -0.2) is 4.39 Å². The van der Waals surface area contributed by atoms with Gasteiger partial charge in [0.05, 0.1) is 6.61 Å². The Kier molecular flexibility index (Phi) is 3.49. The third-order valence-electron chi connectivity index (χ3n) is 2.22. The molecule has 1 aromatic heterocycles. The first-order chi connectivity index (χ1) is 7.84. The molecule has 2 aromatic rings. The second-order valence-corrected chi connectivity index (χ2v) is 3.41. The first-order valence-corrected chi connectivity index (χ1v) is 5.12. The first kappa shape index (κ1) is 10.6. The van der Waals surface area contributed by atoms with Gasteiger partial charge >= 0.3 is 0 Å². The molecule has 82 valence electrons. The highest BCUT2D eigenvalue weighted by Crippen LogP contribution is 2.11. The van der Waals surface area contributed by atoms with E-state index in [2.05, 4.69) is 4.98 Å². The molecule has 1 heterocycles. The van der Waals surface area contributed by atoms with E-state index in [1.54, 1.807) is 24.5 Å². The van der Waals surface area contributed by atoms with Gasteiger partial charge < -0.3 is 4.74 Å². The number of hydrogen-bond donors (Lipinski definition) is 0. The Hall–Kier alpha value is -1.90. The molecule has 0 aliphatic carbocycles. The van der Waals surface area contributed by atoms with Crippen LogP contribution in [0.25, 0.3) is 0 Å². The Morgan fingerprint density at radius 1 is 1.00 bits per heavy atom. The number of hydrogen-bond acceptors (Lipinski definition) is 2. The second kappa shape index (κ2) is 5.26. The van der Waals surface area contributed by atoms with Gasteiger partial charge in [-0.2, -0.15) is 0 Å². The highest BCUT2D eigenvalue weighted by atomic mass is 19.1. The minimum Gasteiger partial charge on any atom is -0.493 e. The standard InChI is InChI=1S/C13H12FNO/c14-12-1-3-13(4-2-12)16-10-7-11-5-8-15-9-6-11/h1-6,8-9H,7,10H2. The minimum atomic E-state index is -0.249. The van der Waals surface area contributed by atoms with Crippen LogP contribution in [0.15, 0.2) is 48.8 Å². The van der Waals surface area contributed by atoms with Crippen molar-refractivity contribution in [1.82, 2.24) is 4.98 Å². The van der Waals surface area contributed by atoms with Crippen molar-refractivity contribution in [2.24, 2.45) is 0 Å². The Bertz CT molecular complexity index is 427. The lowest BCUT2D eigenvalue weighted by Crippen LogP contribution is -2.01. The summed E-state index contributed by atoms with van der Waals surface area (Å²) in [5.41, 5.74) is 1.18. The largest absolute Gasteiger partial charge is 0.493 e. The van der Waals surface area contributed by atoms with Crippen molar-refractivity contribution in [2.45, 2.75) is 6.42 Å². The van der Waals surface area contributed by atoms with E-state index in [1.807, 2.05) is 12.1 Å². The van der Waals surface area contributed by atoms with Crippen LogP contribution in [0.1, 0.15) is 5.56 Å². The normalized spacial score (nSPS) is 10.1. The van der Waals surface area contributed by atoms with Crippen LogP contribution in [0, 0.1) is 5.82 Å². The smallest absolute Gasteiger partial charge is 0.123 e. The number of nitrogens with zero attached hydrogens (tertiary/aromatic N) is 1. The molecule has 0 aliphatic rings. The topological polar surface area (TPSA) is 22.1 Å². The maximum Gasteiger partial charge on any atom is 0.123 e. The average Bonchev–Trinajstić information content (AvgIpc) is 2.33. The lowest BCUT2D eigenvalue weighted by molar-refractivity contribution is 0.321. The van der Waals surface area contributed by atoms with E-state index < -0.39 is 0 Å². The third-order valence-corrected chi connectivity index (χ3v) is 2.22. The highest BCUT2D eigenvalue weighted by molar-refractivity contribution is 5.22. The summed E-state index contributed by atoms with van der Waals surface area (Å²) in [4.78, 5) is 3.94. The monoisotopic (exact) mass is 217 g/mol. The van der Waals surface area contributed by atoms with Crippen molar-refractivity contribution in [3.63, 3.8) is 0 Å². The van der Waals surface area contributed by atoms with Gasteiger partial charge in [-0.15, -0.1) is 0 Å². The molecule has 0 amide bonds. The number of ether oxygens (including phenoxy) is 1. The Morgan fingerprint density at radius 2 is 1.69 bits per heavy atom. The fourth-order valence-electron chi connectivity index (χ4n) is 1.37. The molecule has 0 unspecified atom stereocenters. The van der Waals surface area contributed by atoms with Crippen LogP contribution in [0.5, 0.6) is 5.75 Å². The summed E-state index contributed by atoms with van der Waals surface area (Å²) < 4.78 is 18.1. The lowest BCUT2D eigenvalue weighted by atomic mass is 10.2. The van der Waals surface area contributed by atoms with E-state index in [0.29, 0.717) is 12.4 Å². The van der Waals surface area contributed by atoms with Gasteiger partial charge in [0.15, 0.2) is 0 Å². The molecule has 2 nitrogen and oxygen atoms in total. The fraction of sp³-hybridized carbons (Fsp3) is 0.154. The van der Waals surface area contributed by atoms with Crippen molar-refractivity contribution >= 4 is 0 Å². The highest BCUT2D eigenvalue weighted by Gasteiger charge is 1.95. The summed E-state index contributed by atoms with van der Waals surface area (Å²) in [5, 5.41) is 0. The van der Waals surface area contributed by atoms with Gasteiger partial charge in [0.2, 0.25) is 0 Å². The molecular formula is C13H12FNO. The summed E-state index contributed by atoms with van der Waals surface area (Å²) >= 11 is 0. The van der Waals surface area contributed by atoms with Gasteiger partial charge in [0.25, 0.3) is 0 Å². The molecular weight excluding hydrogens is 205 g/mol. The minimum absolute atomic E-state index is 0.249. The molecule has 0 bridgehead atoms. The van der Waals surface area contributed by atoms with Crippen LogP contribution >= 0.6 is 0 Å². The third kappa shape index (κ3) is 3.05. The Balaban J connectivity index is 1.82. The number of halogens is 1. The Morgan fingerprint density at radius 3 is 2.38 bits per heavy atom. The zero-order valence-electron chi connectivity index (χ0n) is 8.77. The second-order valence-electron chi connectivity index (χ2n) is 3.41. The molecule has 0 aliphatic heterocycles. The molecule has 16 heavy (non-hydrogen) atoms. The van der Waals surface area contributed by atoms with Gasteiger partial charge in [0, 0.05) is 18.8 Å². The van der Waals surface area contributed by atoms with Crippen molar-refractivity contribution in [3.05, 3.63) is 60.2 Å². The van der Waals surface area contributed by atoms with Crippen LogP contribution in [0.3, 0.4) is 0 Å². The van der Waals surface area contributed by atoms with E-state index in [1.165, 1.54) is 17.7 Å². The maximum atomic E-state index is 12.6. The molecule has 0 saturated carbocycles.